The molecule has 0 spiro atoms. The third-order valence-corrected chi connectivity index (χ3v) is 3.56. The first kappa shape index (κ1) is 16.8. The Morgan fingerprint density at radius 2 is 2.17 bits per heavy atom. The fourth-order valence-electron chi connectivity index (χ4n) is 2.00. The molecule has 0 fully saturated rings. The molecular formula is C14H15ClN4O4. The van der Waals surface area contributed by atoms with Gasteiger partial charge in [0.2, 0.25) is 0 Å². The van der Waals surface area contributed by atoms with E-state index in [4.69, 9.17) is 16.3 Å². The first-order valence-corrected chi connectivity index (χ1v) is 7.04. The van der Waals surface area contributed by atoms with Crippen molar-refractivity contribution in [2.24, 2.45) is 7.05 Å². The highest BCUT2D eigenvalue weighted by Crippen LogP contribution is 2.28. The summed E-state index contributed by atoms with van der Waals surface area (Å²) in [6.45, 7) is 3.38. The van der Waals surface area contributed by atoms with Crippen LogP contribution in [0.5, 0.6) is 5.75 Å². The van der Waals surface area contributed by atoms with E-state index in [0.29, 0.717) is 11.4 Å². The molecule has 9 heteroatoms. The lowest BCUT2D eigenvalue weighted by atomic mass is 10.3. The van der Waals surface area contributed by atoms with Crippen molar-refractivity contribution < 1.29 is 14.5 Å². The highest BCUT2D eigenvalue weighted by Gasteiger charge is 2.15. The van der Waals surface area contributed by atoms with E-state index in [1.54, 1.807) is 18.7 Å². The van der Waals surface area contributed by atoms with Gasteiger partial charge in [-0.3, -0.25) is 19.6 Å². The van der Waals surface area contributed by atoms with E-state index in [1.807, 2.05) is 6.92 Å². The molecule has 0 atom stereocenters. The number of ether oxygens (including phenoxy) is 1. The van der Waals surface area contributed by atoms with Crippen LogP contribution in [0.1, 0.15) is 11.4 Å². The molecule has 0 unspecified atom stereocenters. The zero-order valence-electron chi connectivity index (χ0n) is 12.8. The minimum absolute atomic E-state index is 0.0492. The highest BCUT2D eigenvalue weighted by atomic mass is 35.5. The summed E-state index contributed by atoms with van der Waals surface area (Å²) in [7, 11) is 1.79. The van der Waals surface area contributed by atoms with Crippen LogP contribution in [-0.2, 0) is 11.8 Å². The van der Waals surface area contributed by atoms with Gasteiger partial charge in [-0.05, 0) is 19.9 Å². The normalized spacial score (nSPS) is 10.4. The fourth-order valence-corrected chi connectivity index (χ4v) is 2.24. The Kier molecular flexibility index (Phi) is 4.85. The minimum atomic E-state index is -0.590. The van der Waals surface area contributed by atoms with Crippen LogP contribution >= 0.6 is 11.6 Å². The molecule has 2 rings (SSSR count). The molecule has 1 heterocycles. The Labute approximate surface area is 137 Å². The van der Waals surface area contributed by atoms with Crippen molar-refractivity contribution in [3.63, 3.8) is 0 Å². The summed E-state index contributed by atoms with van der Waals surface area (Å²) < 4.78 is 6.96. The van der Waals surface area contributed by atoms with Gasteiger partial charge >= 0.3 is 0 Å². The number of halogens is 1. The Bertz CT molecular complexity index is 772. The van der Waals surface area contributed by atoms with Gasteiger partial charge in [-0.2, -0.15) is 5.10 Å². The van der Waals surface area contributed by atoms with Gasteiger partial charge < -0.3 is 10.1 Å². The van der Waals surface area contributed by atoms with Crippen molar-refractivity contribution in [3.05, 3.63) is 44.7 Å². The molecular weight excluding hydrogens is 324 g/mol. The maximum absolute atomic E-state index is 11.9. The number of nitro benzene ring substituents is 1. The maximum atomic E-state index is 11.9. The molecule has 0 saturated carbocycles. The smallest absolute Gasteiger partial charge is 0.288 e. The van der Waals surface area contributed by atoms with Crippen LogP contribution in [0.3, 0.4) is 0 Å². The molecule has 23 heavy (non-hydrogen) atoms. The number of benzene rings is 1. The number of nitrogens with one attached hydrogen (secondary N) is 1. The first-order valence-electron chi connectivity index (χ1n) is 6.66. The molecule has 0 radical (unpaired) electrons. The number of nitro groups is 1. The van der Waals surface area contributed by atoms with Crippen LogP contribution in [0.15, 0.2) is 18.2 Å². The molecule has 1 aromatic heterocycles. The van der Waals surface area contributed by atoms with E-state index >= 15 is 0 Å². The van der Waals surface area contributed by atoms with E-state index in [-0.39, 0.29) is 29.0 Å². The van der Waals surface area contributed by atoms with Crippen molar-refractivity contribution in [1.82, 2.24) is 9.78 Å². The molecule has 2 aromatic rings. The number of carbonyl (C=O) groups is 1. The average Bonchev–Trinajstić information content (AvgIpc) is 2.71. The molecule has 0 aliphatic heterocycles. The summed E-state index contributed by atoms with van der Waals surface area (Å²) in [5, 5.41) is 17.6. The zero-order valence-corrected chi connectivity index (χ0v) is 13.5. The third-order valence-electron chi connectivity index (χ3n) is 3.26. The van der Waals surface area contributed by atoms with E-state index in [9.17, 15) is 14.9 Å². The van der Waals surface area contributed by atoms with Crippen LogP contribution in [0.4, 0.5) is 11.4 Å². The predicted molar refractivity (Wildman–Crippen MR) is 84.9 cm³/mol. The SMILES string of the molecule is Cc1nn(C)c(C)c1NC(=O)COc1ccc([N+](=O)[O-])c(Cl)c1. The fraction of sp³-hybridized carbons (Fsp3) is 0.286. The number of anilines is 1. The average molecular weight is 339 g/mol. The first-order chi connectivity index (χ1) is 10.8. The molecule has 122 valence electrons. The molecule has 8 nitrogen and oxygen atoms in total. The summed E-state index contributed by atoms with van der Waals surface area (Å²) in [5.41, 5.74) is 1.96. The van der Waals surface area contributed by atoms with Gasteiger partial charge in [0.05, 0.1) is 22.0 Å². The van der Waals surface area contributed by atoms with Gasteiger partial charge in [0.25, 0.3) is 11.6 Å². The van der Waals surface area contributed by atoms with E-state index < -0.39 is 4.92 Å². The van der Waals surface area contributed by atoms with Crippen molar-refractivity contribution in [3.8, 4) is 5.75 Å². The Morgan fingerprint density at radius 3 is 2.70 bits per heavy atom. The zero-order chi connectivity index (χ0) is 17.1. The predicted octanol–water partition coefficient (Wildman–Crippen LogP) is 2.62. The van der Waals surface area contributed by atoms with E-state index in [1.165, 1.54) is 18.2 Å². The molecule has 1 amide bonds. The molecule has 0 aliphatic rings. The largest absolute Gasteiger partial charge is 0.484 e. The lowest BCUT2D eigenvalue weighted by Gasteiger charge is -2.08. The van der Waals surface area contributed by atoms with Gasteiger partial charge in [0.1, 0.15) is 10.8 Å². The van der Waals surface area contributed by atoms with Crippen LogP contribution < -0.4 is 10.1 Å². The number of aromatic nitrogens is 2. The standard InChI is InChI=1S/C14H15ClN4O4/c1-8-14(9(2)18(3)17-8)16-13(20)7-23-10-4-5-12(19(21)22)11(15)6-10/h4-6H,7H2,1-3H3,(H,16,20). The lowest BCUT2D eigenvalue weighted by molar-refractivity contribution is -0.384. The summed E-state index contributed by atoms with van der Waals surface area (Å²) in [5.74, 6) is -0.0888. The van der Waals surface area contributed by atoms with Crippen LogP contribution in [-0.4, -0.2) is 27.2 Å². The quantitative estimate of drug-likeness (QED) is 0.667. The third kappa shape index (κ3) is 3.78. The topological polar surface area (TPSA) is 99.3 Å². The second kappa shape index (κ2) is 6.66. The van der Waals surface area contributed by atoms with Gasteiger partial charge in [-0.25, -0.2) is 0 Å². The number of hydrogen-bond acceptors (Lipinski definition) is 5. The van der Waals surface area contributed by atoms with Crippen molar-refractivity contribution in [1.29, 1.82) is 0 Å². The number of rotatable bonds is 5. The minimum Gasteiger partial charge on any atom is -0.484 e. The summed E-state index contributed by atoms with van der Waals surface area (Å²) in [6, 6.07) is 3.91. The Balaban J connectivity index is 1.99. The van der Waals surface area contributed by atoms with Gasteiger partial charge in [0, 0.05) is 19.2 Å². The van der Waals surface area contributed by atoms with E-state index in [2.05, 4.69) is 10.4 Å². The van der Waals surface area contributed by atoms with Crippen LogP contribution in [0, 0.1) is 24.0 Å². The second-order valence-electron chi connectivity index (χ2n) is 4.88. The number of hydrogen-bond donors (Lipinski definition) is 1. The Hall–Kier alpha value is -2.61. The number of amides is 1. The number of nitrogens with zero attached hydrogens (tertiary/aromatic N) is 3. The summed E-state index contributed by atoms with van der Waals surface area (Å²) >= 11 is 5.78. The second-order valence-corrected chi connectivity index (χ2v) is 5.28. The van der Waals surface area contributed by atoms with Crippen molar-refractivity contribution >= 4 is 28.9 Å². The molecule has 0 bridgehead atoms. The van der Waals surface area contributed by atoms with Crippen molar-refractivity contribution in [2.45, 2.75) is 13.8 Å². The highest BCUT2D eigenvalue weighted by molar-refractivity contribution is 6.32. The number of aryl methyl sites for hydroxylation is 2. The molecule has 1 N–H and O–H groups in total. The summed E-state index contributed by atoms with van der Waals surface area (Å²) in [4.78, 5) is 22.0. The van der Waals surface area contributed by atoms with Crippen LogP contribution in [0.25, 0.3) is 0 Å². The van der Waals surface area contributed by atoms with E-state index in [0.717, 1.165) is 5.69 Å². The van der Waals surface area contributed by atoms with Gasteiger partial charge in [0.15, 0.2) is 6.61 Å². The maximum Gasteiger partial charge on any atom is 0.288 e. The van der Waals surface area contributed by atoms with Crippen LogP contribution in [0.2, 0.25) is 5.02 Å². The molecule has 0 saturated heterocycles. The van der Waals surface area contributed by atoms with Gasteiger partial charge in [-0.1, -0.05) is 11.6 Å². The monoisotopic (exact) mass is 338 g/mol. The van der Waals surface area contributed by atoms with Gasteiger partial charge in [-0.15, -0.1) is 0 Å². The number of carbonyl (C=O) groups excluding carboxylic acids is 1. The van der Waals surface area contributed by atoms with Crippen molar-refractivity contribution in [2.75, 3.05) is 11.9 Å². The Morgan fingerprint density at radius 1 is 1.48 bits per heavy atom. The molecule has 1 aromatic carbocycles. The molecule has 0 aliphatic carbocycles. The lowest BCUT2D eigenvalue weighted by Crippen LogP contribution is -2.20. The summed E-state index contributed by atoms with van der Waals surface area (Å²) in [6.07, 6.45) is 0.